The van der Waals surface area contributed by atoms with Gasteiger partial charge in [0.25, 0.3) is 0 Å². The predicted molar refractivity (Wildman–Crippen MR) is 52.0 cm³/mol. The van der Waals surface area contributed by atoms with Gasteiger partial charge in [0.2, 0.25) is 6.79 Å². The molecular weight excluding hydrogens is 235 g/mol. The van der Waals surface area contributed by atoms with Gasteiger partial charge < -0.3 is 24.5 Å². The number of carbonyl (C=O) groups excluding carboxylic acids is 1. The molecule has 1 aliphatic heterocycles. The minimum atomic E-state index is -1.22. The number of aliphatic hydroxyl groups is 1. The van der Waals surface area contributed by atoms with E-state index in [1.165, 1.54) is 0 Å². The Labute approximate surface area is 121 Å². The van der Waals surface area contributed by atoms with Gasteiger partial charge in [0.05, 0.1) is 0 Å². The third kappa shape index (κ3) is 2.93. The van der Waals surface area contributed by atoms with E-state index in [1.54, 1.807) is 18.2 Å². The first-order valence-electron chi connectivity index (χ1n) is 4.94. The zero-order valence-electron chi connectivity index (χ0n) is 9.51. The van der Waals surface area contributed by atoms with Crippen molar-refractivity contribution in [3.05, 3.63) is 23.8 Å². The number of para-hydroxylation sites is 1. The number of carboxylic acids is 1. The van der Waals surface area contributed by atoms with E-state index in [1.807, 2.05) is 0 Å². The van der Waals surface area contributed by atoms with E-state index in [9.17, 15) is 9.90 Å². The summed E-state index contributed by atoms with van der Waals surface area (Å²) in [5, 5.41) is 19.8. The molecule has 1 N–H and O–H groups in total. The Balaban J connectivity index is 0.00000144. The van der Waals surface area contributed by atoms with Crippen molar-refractivity contribution in [2.75, 3.05) is 13.4 Å². The summed E-state index contributed by atoms with van der Waals surface area (Å²) >= 11 is 0. The second-order valence-electron chi connectivity index (χ2n) is 3.46. The summed E-state index contributed by atoms with van der Waals surface area (Å²) in [6, 6.07) is 5.04. The van der Waals surface area contributed by atoms with Crippen molar-refractivity contribution < 1.29 is 54.0 Å². The van der Waals surface area contributed by atoms with Gasteiger partial charge in [-0.05, 0) is 12.5 Å². The van der Waals surface area contributed by atoms with Gasteiger partial charge in [-0.1, -0.05) is 12.1 Å². The molecule has 6 heteroatoms. The molecule has 2 rings (SSSR count). The number of ether oxygens (including phenoxy) is 2. The van der Waals surface area contributed by atoms with Crippen molar-refractivity contribution in [3.63, 3.8) is 0 Å². The molecule has 17 heavy (non-hydrogen) atoms. The molecule has 0 aliphatic carbocycles. The smallest absolute Gasteiger partial charge is 0.549 e. The number of aliphatic hydroxyl groups excluding tert-OH is 1. The normalized spacial score (nSPS) is 13.9. The average molecular weight is 246 g/mol. The van der Waals surface area contributed by atoms with Gasteiger partial charge in [-0.3, -0.25) is 0 Å². The van der Waals surface area contributed by atoms with Crippen molar-refractivity contribution in [1.29, 1.82) is 0 Å². The van der Waals surface area contributed by atoms with Gasteiger partial charge in [-0.15, -0.1) is 0 Å². The van der Waals surface area contributed by atoms with Gasteiger partial charge in [0, 0.05) is 24.1 Å². The Bertz CT molecular complexity index is 407. The molecule has 0 amide bonds. The van der Waals surface area contributed by atoms with Crippen LogP contribution in [0.3, 0.4) is 0 Å². The van der Waals surface area contributed by atoms with Crippen molar-refractivity contribution in [2.45, 2.75) is 12.3 Å². The molecule has 0 spiro atoms. The summed E-state index contributed by atoms with van der Waals surface area (Å²) in [7, 11) is 0. The van der Waals surface area contributed by atoms with Gasteiger partial charge in [0.1, 0.15) is 0 Å². The Kier molecular flexibility index (Phi) is 5.27. The van der Waals surface area contributed by atoms with Crippen LogP contribution in [-0.4, -0.2) is 24.5 Å². The van der Waals surface area contributed by atoms with Crippen LogP contribution in [-0.2, 0) is 4.79 Å². The van der Waals surface area contributed by atoms with Crippen molar-refractivity contribution >= 4 is 5.97 Å². The third-order valence-electron chi connectivity index (χ3n) is 2.50. The quantitative estimate of drug-likeness (QED) is 0.561. The van der Waals surface area contributed by atoms with Crippen LogP contribution in [0.1, 0.15) is 17.9 Å². The van der Waals surface area contributed by atoms with Gasteiger partial charge in [-0.25, -0.2) is 0 Å². The molecule has 1 aromatic rings. The Hall–Kier alpha value is -0.750. The average Bonchev–Trinajstić information content (AvgIpc) is 2.73. The number of benzene rings is 1. The van der Waals surface area contributed by atoms with Crippen LogP contribution in [0, 0.1) is 0 Å². The second kappa shape index (κ2) is 6.26. The minimum absolute atomic E-state index is 0. The zero-order valence-corrected chi connectivity index (χ0v) is 11.5. The van der Waals surface area contributed by atoms with E-state index in [0.29, 0.717) is 17.1 Å². The van der Waals surface area contributed by atoms with Gasteiger partial charge >= 0.3 is 29.6 Å². The van der Waals surface area contributed by atoms with Crippen molar-refractivity contribution in [3.8, 4) is 11.5 Å². The fourth-order valence-electron chi connectivity index (χ4n) is 1.76. The SMILES string of the molecule is O=C([O-])C(CCO)c1cccc2c1OCO2.[Na+]. The first-order chi connectivity index (χ1) is 7.74. The van der Waals surface area contributed by atoms with Crippen LogP contribution in [0.25, 0.3) is 0 Å². The molecule has 1 unspecified atom stereocenters. The summed E-state index contributed by atoms with van der Waals surface area (Å²) in [5.41, 5.74) is 0.490. The third-order valence-corrected chi connectivity index (χ3v) is 2.50. The first-order valence-corrected chi connectivity index (χ1v) is 4.94. The van der Waals surface area contributed by atoms with E-state index in [-0.39, 0.29) is 49.4 Å². The zero-order chi connectivity index (χ0) is 11.5. The molecular formula is C11H11NaO5. The second-order valence-corrected chi connectivity index (χ2v) is 3.46. The Morgan fingerprint density at radius 2 is 2.24 bits per heavy atom. The van der Waals surface area contributed by atoms with Crippen LogP contribution in [0.2, 0.25) is 0 Å². The number of rotatable bonds is 4. The molecule has 0 fully saturated rings. The van der Waals surface area contributed by atoms with Crippen LogP contribution < -0.4 is 44.1 Å². The standard InChI is InChI=1S/C11H12O5.Na/c12-5-4-8(11(13)14)7-2-1-3-9-10(7)16-6-15-9;/h1-3,8,12H,4-6H2,(H,13,14);/q;+1/p-1. The fourth-order valence-corrected chi connectivity index (χ4v) is 1.76. The largest absolute Gasteiger partial charge is 1.00 e. The molecule has 0 bridgehead atoms. The van der Waals surface area contributed by atoms with Crippen LogP contribution in [0.15, 0.2) is 18.2 Å². The molecule has 1 aliphatic rings. The monoisotopic (exact) mass is 246 g/mol. The summed E-state index contributed by atoms with van der Waals surface area (Å²) in [6.07, 6.45) is 0.0994. The van der Waals surface area contributed by atoms with Gasteiger partial charge in [-0.2, -0.15) is 0 Å². The molecule has 1 atom stereocenters. The molecule has 86 valence electrons. The number of aliphatic carboxylic acids is 1. The predicted octanol–water partition coefficient (Wildman–Crippen LogP) is -3.36. The maximum Gasteiger partial charge on any atom is 1.00 e. The molecule has 0 aromatic heterocycles. The van der Waals surface area contributed by atoms with E-state index in [0.717, 1.165) is 0 Å². The van der Waals surface area contributed by atoms with E-state index in [4.69, 9.17) is 14.6 Å². The Morgan fingerprint density at radius 1 is 1.47 bits per heavy atom. The van der Waals surface area contributed by atoms with E-state index < -0.39 is 11.9 Å². The topological polar surface area (TPSA) is 78.8 Å². The first kappa shape index (κ1) is 14.3. The maximum atomic E-state index is 11.0. The van der Waals surface area contributed by atoms with E-state index in [2.05, 4.69) is 0 Å². The Morgan fingerprint density at radius 3 is 2.88 bits per heavy atom. The summed E-state index contributed by atoms with van der Waals surface area (Å²) < 4.78 is 10.4. The van der Waals surface area contributed by atoms with Crippen molar-refractivity contribution in [2.24, 2.45) is 0 Å². The maximum absolute atomic E-state index is 11.0. The number of fused-ring (bicyclic) bond motifs is 1. The number of carboxylic acid groups (broad SMARTS) is 1. The van der Waals surface area contributed by atoms with Crippen LogP contribution >= 0.6 is 0 Å². The molecule has 0 saturated carbocycles. The minimum Gasteiger partial charge on any atom is -0.549 e. The summed E-state index contributed by atoms with van der Waals surface area (Å²) in [5.74, 6) is -1.13. The fraction of sp³-hybridized carbons (Fsp3) is 0.364. The van der Waals surface area contributed by atoms with Crippen LogP contribution in [0.5, 0.6) is 11.5 Å². The summed E-state index contributed by atoms with van der Waals surface area (Å²) in [6.45, 7) is -0.131. The number of carbonyl (C=O) groups is 1. The van der Waals surface area contributed by atoms with E-state index >= 15 is 0 Å². The molecule has 0 radical (unpaired) electrons. The van der Waals surface area contributed by atoms with Crippen molar-refractivity contribution in [1.82, 2.24) is 0 Å². The number of hydrogen-bond donors (Lipinski definition) is 1. The molecule has 0 saturated heterocycles. The molecule has 1 heterocycles. The van der Waals surface area contributed by atoms with Gasteiger partial charge in [0.15, 0.2) is 11.5 Å². The summed E-state index contributed by atoms with van der Waals surface area (Å²) in [4.78, 5) is 11.0. The molecule has 1 aromatic carbocycles. The van der Waals surface area contributed by atoms with Crippen LogP contribution in [0.4, 0.5) is 0 Å². The molecule has 5 nitrogen and oxygen atoms in total. The number of hydrogen-bond acceptors (Lipinski definition) is 5.